The number of ether oxygens (including phenoxy) is 1. The van der Waals surface area contributed by atoms with Crippen molar-refractivity contribution in [1.82, 2.24) is 15.0 Å². The molecule has 0 aliphatic carbocycles. The highest BCUT2D eigenvalue weighted by molar-refractivity contribution is 7.92. The second-order valence-corrected chi connectivity index (χ2v) is 11.0. The van der Waals surface area contributed by atoms with E-state index in [1.54, 1.807) is 0 Å². The lowest BCUT2D eigenvalue weighted by Gasteiger charge is -2.36. The molecule has 1 amide bonds. The van der Waals surface area contributed by atoms with Gasteiger partial charge in [0.15, 0.2) is 9.84 Å². The number of aromatic nitrogens is 1. The van der Waals surface area contributed by atoms with E-state index in [4.69, 9.17) is 19.2 Å². The Balaban J connectivity index is 0.000000406. The van der Waals surface area contributed by atoms with E-state index >= 15 is 0 Å². The number of rotatable bonds is 3. The van der Waals surface area contributed by atoms with Gasteiger partial charge >= 0.3 is 12.1 Å². The maximum absolute atomic E-state index is 13.1. The molecule has 0 spiro atoms. The number of carbonyl (C=O) groups excluding carboxylic acids is 1. The third-order valence-corrected chi connectivity index (χ3v) is 8.75. The van der Waals surface area contributed by atoms with Crippen molar-refractivity contribution in [3.63, 3.8) is 0 Å². The van der Waals surface area contributed by atoms with E-state index in [1.165, 1.54) is 0 Å². The first-order chi connectivity index (χ1) is 15.8. The molecule has 0 saturated carbocycles. The molecule has 192 valence electrons. The molecule has 4 heterocycles. The fraction of sp³-hybridized carbons (Fsp3) is 0.750. The van der Waals surface area contributed by atoms with Crippen molar-refractivity contribution in [2.45, 2.75) is 38.2 Å². The number of hydrogen-bond donors (Lipinski definition) is 1. The predicted octanol–water partition coefficient (Wildman–Crippen LogP) is 1.02. The molecule has 1 N–H and O–H groups in total. The van der Waals surface area contributed by atoms with Gasteiger partial charge in [-0.3, -0.25) is 9.69 Å². The van der Waals surface area contributed by atoms with E-state index in [1.807, 2.05) is 18.7 Å². The van der Waals surface area contributed by atoms with E-state index < -0.39 is 27.2 Å². The van der Waals surface area contributed by atoms with Gasteiger partial charge < -0.3 is 19.3 Å². The minimum absolute atomic E-state index is 0.0994. The summed E-state index contributed by atoms with van der Waals surface area (Å²) in [6, 6.07) is 0. The maximum atomic E-state index is 13.1. The monoisotopic (exact) mass is 511 g/mol. The fourth-order valence-corrected chi connectivity index (χ4v) is 6.84. The normalized spacial score (nSPS) is 27.0. The highest BCUT2D eigenvalue weighted by atomic mass is 32.2. The van der Waals surface area contributed by atoms with E-state index in [0.717, 1.165) is 17.0 Å². The van der Waals surface area contributed by atoms with Crippen LogP contribution in [0.4, 0.5) is 13.2 Å². The van der Waals surface area contributed by atoms with Gasteiger partial charge in [0.25, 0.3) is 0 Å². The molecule has 3 aliphatic rings. The Morgan fingerprint density at radius 1 is 1.18 bits per heavy atom. The first-order valence-corrected chi connectivity index (χ1v) is 12.5. The summed E-state index contributed by atoms with van der Waals surface area (Å²) >= 11 is 0. The Labute approximate surface area is 194 Å². The highest BCUT2D eigenvalue weighted by Gasteiger charge is 2.51. The standard InChI is InChI=1S/C18H27N3O5S.C2HF3O2/c1-12-15(13(2)26-19-12)9-20-10-16-14(3-8-27(23,24)17(16)11-20)18(22)21-4-6-25-7-5-21;3-2(4,5)1(6)7/h14,16-17H,3-11H2,1-2H3;(H,6,7)/t14-,16-,17-;/m1./s1. The van der Waals surface area contributed by atoms with Crippen LogP contribution in [-0.4, -0.2) is 96.9 Å². The first kappa shape index (κ1) is 26.4. The van der Waals surface area contributed by atoms with Crippen LogP contribution in [0, 0.1) is 25.7 Å². The summed E-state index contributed by atoms with van der Waals surface area (Å²) in [5, 5.41) is 10.7. The lowest BCUT2D eigenvalue weighted by molar-refractivity contribution is -0.192. The number of fused-ring (bicyclic) bond motifs is 1. The molecule has 1 aromatic heterocycles. The predicted molar refractivity (Wildman–Crippen MR) is 112 cm³/mol. The number of carboxylic acids is 1. The van der Waals surface area contributed by atoms with Gasteiger partial charge in [0.1, 0.15) is 5.76 Å². The number of morpholine rings is 1. The quantitative estimate of drug-likeness (QED) is 0.632. The third kappa shape index (κ3) is 5.89. The molecular formula is C20H28F3N3O7S. The van der Waals surface area contributed by atoms with Gasteiger partial charge in [-0.05, 0) is 20.3 Å². The van der Waals surface area contributed by atoms with Gasteiger partial charge in [-0.2, -0.15) is 13.2 Å². The lowest BCUT2D eigenvalue weighted by atomic mass is 9.87. The van der Waals surface area contributed by atoms with Crippen LogP contribution in [0.3, 0.4) is 0 Å². The van der Waals surface area contributed by atoms with Crippen LogP contribution >= 0.6 is 0 Å². The smallest absolute Gasteiger partial charge is 0.475 e. The minimum atomic E-state index is -5.08. The third-order valence-electron chi connectivity index (χ3n) is 6.52. The van der Waals surface area contributed by atoms with Crippen molar-refractivity contribution in [3.8, 4) is 0 Å². The number of halogens is 3. The van der Waals surface area contributed by atoms with E-state index in [9.17, 15) is 26.4 Å². The zero-order valence-corrected chi connectivity index (χ0v) is 19.7. The molecular weight excluding hydrogens is 483 g/mol. The van der Waals surface area contributed by atoms with Gasteiger partial charge in [0.05, 0.1) is 29.9 Å². The summed E-state index contributed by atoms with van der Waals surface area (Å²) < 4.78 is 67.7. The molecule has 3 fully saturated rings. The Bertz CT molecular complexity index is 986. The minimum Gasteiger partial charge on any atom is -0.475 e. The molecule has 3 aliphatic heterocycles. The zero-order valence-electron chi connectivity index (χ0n) is 18.9. The number of alkyl halides is 3. The van der Waals surface area contributed by atoms with Crippen LogP contribution in [0.2, 0.25) is 0 Å². The van der Waals surface area contributed by atoms with Crippen molar-refractivity contribution in [2.24, 2.45) is 11.8 Å². The molecule has 14 heteroatoms. The van der Waals surface area contributed by atoms with Crippen LogP contribution < -0.4 is 0 Å². The molecule has 0 unspecified atom stereocenters. The van der Waals surface area contributed by atoms with E-state index in [2.05, 4.69) is 10.1 Å². The van der Waals surface area contributed by atoms with Crippen molar-refractivity contribution >= 4 is 21.7 Å². The Kier molecular flexibility index (Phi) is 7.92. The van der Waals surface area contributed by atoms with Crippen LogP contribution in [0.15, 0.2) is 4.52 Å². The Hall–Kier alpha value is -2.19. The van der Waals surface area contributed by atoms with Gasteiger partial charge in [-0.25, -0.2) is 13.2 Å². The number of hydrogen-bond acceptors (Lipinski definition) is 8. The molecule has 3 atom stereocenters. The Morgan fingerprint density at radius 3 is 2.32 bits per heavy atom. The number of carbonyl (C=O) groups is 2. The topological polar surface area (TPSA) is 130 Å². The van der Waals surface area contributed by atoms with Gasteiger partial charge in [0, 0.05) is 50.1 Å². The van der Waals surface area contributed by atoms with Gasteiger partial charge in [-0.15, -0.1) is 0 Å². The molecule has 34 heavy (non-hydrogen) atoms. The van der Waals surface area contributed by atoms with Crippen molar-refractivity contribution < 1.29 is 45.5 Å². The summed E-state index contributed by atoms with van der Waals surface area (Å²) in [5.41, 5.74) is 1.85. The maximum Gasteiger partial charge on any atom is 0.490 e. The molecule has 0 radical (unpaired) electrons. The molecule has 0 bridgehead atoms. The fourth-order valence-electron chi connectivity index (χ4n) is 4.71. The SMILES string of the molecule is Cc1noc(C)c1CN1C[C@H]2[C@@H](C1)S(=O)(=O)CC[C@H]2C(=O)N1CCOCC1.O=C(O)C(F)(F)F. The van der Waals surface area contributed by atoms with Crippen LogP contribution in [0.25, 0.3) is 0 Å². The summed E-state index contributed by atoms with van der Waals surface area (Å²) in [6.07, 6.45) is -4.65. The molecule has 3 saturated heterocycles. The summed E-state index contributed by atoms with van der Waals surface area (Å²) in [7, 11) is -3.17. The molecule has 1 aromatic rings. The molecule has 10 nitrogen and oxygen atoms in total. The molecule has 0 aromatic carbocycles. The van der Waals surface area contributed by atoms with Crippen molar-refractivity contribution in [1.29, 1.82) is 0 Å². The zero-order chi connectivity index (χ0) is 25.3. The summed E-state index contributed by atoms with van der Waals surface area (Å²) in [4.78, 5) is 26.0. The number of sulfone groups is 1. The van der Waals surface area contributed by atoms with Gasteiger partial charge in [0.2, 0.25) is 5.91 Å². The largest absolute Gasteiger partial charge is 0.490 e. The number of likely N-dealkylation sites (tertiary alicyclic amines) is 1. The van der Waals surface area contributed by atoms with Crippen LogP contribution in [0.5, 0.6) is 0 Å². The second-order valence-electron chi connectivity index (χ2n) is 8.70. The second kappa shape index (κ2) is 10.2. The summed E-state index contributed by atoms with van der Waals surface area (Å²) in [5.74, 6) is -2.14. The van der Waals surface area contributed by atoms with E-state index in [0.29, 0.717) is 52.4 Å². The van der Waals surface area contributed by atoms with Crippen LogP contribution in [-0.2, 0) is 30.7 Å². The first-order valence-electron chi connectivity index (χ1n) is 10.8. The Morgan fingerprint density at radius 2 is 1.79 bits per heavy atom. The van der Waals surface area contributed by atoms with Gasteiger partial charge in [-0.1, -0.05) is 5.16 Å². The number of aryl methyl sites for hydroxylation is 2. The lowest BCUT2D eigenvalue weighted by Crippen LogP contribution is -2.50. The van der Waals surface area contributed by atoms with Crippen molar-refractivity contribution in [2.75, 3.05) is 45.1 Å². The number of amides is 1. The summed E-state index contributed by atoms with van der Waals surface area (Å²) in [6.45, 7) is 7.80. The van der Waals surface area contributed by atoms with Crippen molar-refractivity contribution in [3.05, 3.63) is 17.0 Å². The van der Waals surface area contributed by atoms with E-state index in [-0.39, 0.29) is 23.5 Å². The average Bonchev–Trinajstić information content (AvgIpc) is 3.34. The number of nitrogens with zero attached hydrogens (tertiary/aromatic N) is 3. The number of aliphatic carboxylic acids is 1. The molecule has 4 rings (SSSR count). The average molecular weight is 512 g/mol. The number of carboxylic acid groups (broad SMARTS) is 1. The van der Waals surface area contributed by atoms with Crippen LogP contribution in [0.1, 0.15) is 23.4 Å². The highest BCUT2D eigenvalue weighted by Crippen LogP contribution is 2.38.